The summed E-state index contributed by atoms with van der Waals surface area (Å²) in [5.74, 6) is 3.54. The van der Waals surface area contributed by atoms with Crippen LogP contribution in [0.4, 0.5) is 0 Å². The lowest BCUT2D eigenvalue weighted by molar-refractivity contribution is 0.419. The van der Waals surface area contributed by atoms with Gasteiger partial charge in [-0.1, -0.05) is 140 Å². The Morgan fingerprint density at radius 1 is 0.396 bits per heavy atom. The van der Waals surface area contributed by atoms with Crippen molar-refractivity contribution in [3.8, 4) is 68.1 Å². The number of fused-ring (bicyclic) bond motifs is 3. The van der Waals surface area contributed by atoms with E-state index in [1.165, 1.54) is 37.7 Å². The third-order valence-corrected chi connectivity index (χ3v) is 11.4. The van der Waals surface area contributed by atoms with Gasteiger partial charge in [0.05, 0.1) is 11.4 Å². The van der Waals surface area contributed by atoms with Crippen molar-refractivity contribution < 1.29 is 0 Å². The molecule has 0 aliphatic heterocycles. The van der Waals surface area contributed by atoms with Crippen LogP contribution in [0.15, 0.2) is 158 Å². The van der Waals surface area contributed by atoms with Gasteiger partial charge < -0.3 is 0 Å². The van der Waals surface area contributed by atoms with Crippen LogP contribution in [-0.4, -0.2) is 24.9 Å². The largest absolute Gasteiger partial charge is 0.228 e. The predicted molar refractivity (Wildman–Crippen MR) is 214 cm³/mol. The van der Waals surface area contributed by atoms with E-state index < -0.39 is 0 Å². The van der Waals surface area contributed by atoms with Gasteiger partial charge in [-0.3, -0.25) is 0 Å². The van der Waals surface area contributed by atoms with Crippen LogP contribution in [0.5, 0.6) is 0 Å². The lowest BCUT2D eigenvalue weighted by Gasteiger charge is -2.27. The maximum atomic E-state index is 5.33. The Balaban J connectivity index is 1.14. The summed E-state index contributed by atoms with van der Waals surface area (Å²) in [5, 5.41) is 2.13. The normalized spacial score (nSPS) is 17.7. The van der Waals surface area contributed by atoms with Crippen molar-refractivity contribution >= 4 is 10.8 Å². The van der Waals surface area contributed by atoms with Gasteiger partial charge in [-0.15, -0.1) is 0 Å². The van der Waals surface area contributed by atoms with Gasteiger partial charge in [0.25, 0.3) is 0 Å². The number of aromatic nitrogens is 5. The summed E-state index contributed by atoms with van der Waals surface area (Å²) >= 11 is 0. The summed E-state index contributed by atoms with van der Waals surface area (Å²) in [7, 11) is 0. The van der Waals surface area contributed by atoms with Crippen LogP contribution in [0.1, 0.15) is 37.7 Å². The molecule has 2 saturated carbocycles. The van der Waals surface area contributed by atoms with Crippen molar-refractivity contribution in [3.63, 3.8) is 0 Å². The molecule has 254 valence electrons. The Morgan fingerprint density at radius 3 is 1.53 bits per heavy atom. The molecule has 2 bridgehead atoms. The van der Waals surface area contributed by atoms with Crippen molar-refractivity contribution in [2.75, 3.05) is 0 Å². The molecule has 2 fully saturated rings. The molecule has 0 unspecified atom stereocenters. The van der Waals surface area contributed by atoms with E-state index in [1.54, 1.807) is 0 Å². The SMILES string of the molecule is c1ccc(-c2cc(-c3ccc(-c4nc(-c5ccccc5)nc(-c5ccccc5)n4)c4ccccc34)nc(-c3cccc(C45CCC(CC4)C5)c3)n2)cc1. The highest BCUT2D eigenvalue weighted by Crippen LogP contribution is 2.55. The van der Waals surface area contributed by atoms with E-state index in [4.69, 9.17) is 24.9 Å². The van der Waals surface area contributed by atoms with Crippen LogP contribution in [0.2, 0.25) is 0 Å². The van der Waals surface area contributed by atoms with Crippen molar-refractivity contribution in [3.05, 3.63) is 163 Å². The summed E-state index contributed by atoms with van der Waals surface area (Å²) in [6.45, 7) is 0. The first-order valence-electron chi connectivity index (χ1n) is 18.6. The molecule has 8 aromatic rings. The van der Waals surface area contributed by atoms with Crippen molar-refractivity contribution in [1.82, 2.24) is 24.9 Å². The second-order valence-corrected chi connectivity index (χ2v) is 14.6. The summed E-state index contributed by atoms with van der Waals surface area (Å²) in [5.41, 5.74) is 9.54. The second-order valence-electron chi connectivity index (χ2n) is 14.6. The summed E-state index contributed by atoms with van der Waals surface area (Å²) in [6.07, 6.45) is 6.59. The van der Waals surface area contributed by atoms with Crippen LogP contribution in [0, 0.1) is 5.92 Å². The van der Waals surface area contributed by atoms with E-state index in [-0.39, 0.29) is 0 Å². The zero-order chi connectivity index (χ0) is 35.2. The van der Waals surface area contributed by atoms with Gasteiger partial charge in [-0.25, -0.2) is 24.9 Å². The molecule has 53 heavy (non-hydrogen) atoms. The lowest BCUT2D eigenvalue weighted by Crippen LogP contribution is -2.19. The number of benzene rings is 6. The van der Waals surface area contributed by atoms with E-state index in [0.717, 1.165) is 67.3 Å². The predicted octanol–water partition coefficient (Wildman–Crippen LogP) is 11.6. The average Bonchev–Trinajstić information content (AvgIpc) is 3.87. The molecule has 0 N–H and O–H groups in total. The number of hydrogen-bond acceptors (Lipinski definition) is 5. The fourth-order valence-electron chi connectivity index (χ4n) is 8.70. The summed E-state index contributed by atoms with van der Waals surface area (Å²) < 4.78 is 0. The van der Waals surface area contributed by atoms with Crippen LogP contribution >= 0.6 is 0 Å². The van der Waals surface area contributed by atoms with Crippen molar-refractivity contribution in [2.45, 2.75) is 37.5 Å². The van der Waals surface area contributed by atoms with Crippen molar-refractivity contribution in [1.29, 1.82) is 0 Å². The summed E-state index contributed by atoms with van der Waals surface area (Å²) in [4.78, 5) is 25.6. The lowest BCUT2D eigenvalue weighted by atomic mass is 9.77. The van der Waals surface area contributed by atoms with E-state index in [9.17, 15) is 0 Å². The molecule has 2 heterocycles. The molecule has 6 aromatic carbocycles. The highest BCUT2D eigenvalue weighted by molar-refractivity contribution is 6.04. The molecule has 2 aliphatic rings. The average molecular weight is 684 g/mol. The first kappa shape index (κ1) is 31.4. The molecule has 2 aromatic heterocycles. The van der Waals surface area contributed by atoms with Gasteiger partial charge in [0.1, 0.15) is 0 Å². The summed E-state index contributed by atoms with van der Waals surface area (Å²) in [6, 6.07) is 54.7. The number of nitrogens with zero attached hydrogens (tertiary/aromatic N) is 5. The molecule has 10 rings (SSSR count). The first-order chi connectivity index (χ1) is 26.2. The molecule has 0 spiro atoms. The molecule has 0 radical (unpaired) electrons. The standard InChI is InChI=1S/C48H37N5/c1-4-13-33(14-5-1)42-30-43(50-46(49-42)36-19-12-20-37(29-36)48-27-25-32(31-48)26-28-48)40-23-24-41(39-22-11-10-21-38(39)40)47-52-44(34-15-6-2-7-16-34)51-45(53-47)35-17-8-3-9-18-35/h1-24,29-30,32H,25-28,31H2. The van der Waals surface area contributed by atoms with Gasteiger partial charge in [-0.2, -0.15) is 0 Å². The van der Waals surface area contributed by atoms with Gasteiger partial charge in [0.15, 0.2) is 23.3 Å². The third-order valence-electron chi connectivity index (χ3n) is 11.4. The highest BCUT2D eigenvalue weighted by atomic mass is 15.0. The Labute approximate surface area is 309 Å². The molecule has 0 saturated heterocycles. The molecule has 5 nitrogen and oxygen atoms in total. The molecular formula is C48H37N5. The van der Waals surface area contributed by atoms with Gasteiger partial charge in [-0.05, 0) is 78.0 Å². The first-order valence-corrected chi connectivity index (χ1v) is 18.6. The Kier molecular flexibility index (Phi) is 7.71. The number of hydrogen-bond donors (Lipinski definition) is 0. The molecule has 5 heteroatoms. The maximum absolute atomic E-state index is 5.33. The van der Waals surface area contributed by atoms with Crippen LogP contribution in [-0.2, 0) is 5.41 Å². The molecular weight excluding hydrogens is 647 g/mol. The fraction of sp³-hybridized carbons (Fsp3) is 0.146. The van der Waals surface area contributed by atoms with Gasteiger partial charge >= 0.3 is 0 Å². The van der Waals surface area contributed by atoms with Gasteiger partial charge in [0, 0.05) is 33.4 Å². The Hall–Kier alpha value is -6.33. The monoisotopic (exact) mass is 683 g/mol. The van der Waals surface area contributed by atoms with E-state index in [0.29, 0.717) is 22.9 Å². The van der Waals surface area contributed by atoms with Crippen LogP contribution in [0.3, 0.4) is 0 Å². The van der Waals surface area contributed by atoms with Crippen LogP contribution < -0.4 is 0 Å². The van der Waals surface area contributed by atoms with E-state index in [1.807, 2.05) is 66.7 Å². The zero-order valence-corrected chi connectivity index (χ0v) is 29.4. The molecule has 0 amide bonds. The van der Waals surface area contributed by atoms with E-state index >= 15 is 0 Å². The maximum Gasteiger partial charge on any atom is 0.164 e. The smallest absolute Gasteiger partial charge is 0.164 e. The fourth-order valence-corrected chi connectivity index (χ4v) is 8.70. The minimum atomic E-state index is 0.308. The van der Waals surface area contributed by atoms with Crippen LogP contribution in [0.25, 0.3) is 78.8 Å². The number of rotatable bonds is 7. The molecule has 2 aliphatic carbocycles. The van der Waals surface area contributed by atoms with Gasteiger partial charge in [0.2, 0.25) is 0 Å². The minimum absolute atomic E-state index is 0.308. The van der Waals surface area contributed by atoms with Crippen molar-refractivity contribution in [2.24, 2.45) is 5.92 Å². The topological polar surface area (TPSA) is 64.5 Å². The third kappa shape index (κ3) is 5.79. The Morgan fingerprint density at radius 2 is 0.906 bits per heavy atom. The second kappa shape index (κ2) is 13.0. The minimum Gasteiger partial charge on any atom is -0.228 e. The van der Waals surface area contributed by atoms with E-state index in [2.05, 4.69) is 91.0 Å². The zero-order valence-electron chi connectivity index (χ0n) is 29.4. The molecule has 0 atom stereocenters. The quantitative estimate of drug-likeness (QED) is 0.167. The Bertz CT molecular complexity index is 2540. The highest BCUT2D eigenvalue weighted by Gasteiger charge is 2.45.